The van der Waals surface area contributed by atoms with E-state index in [-0.39, 0.29) is 43.7 Å². The number of aliphatic carboxylic acids is 1. The summed E-state index contributed by atoms with van der Waals surface area (Å²) in [5.74, 6) is -1.74. The van der Waals surface area contributed by atoms with Crippen LogP contribution in [0.15, 0.2) is 0 Å². The molecule has 1 atom stereocenters. The molecule has 0 aliphatic rings. The van der Waals surface area contributed by atoms with E-state index >= 15 is 0 Å². The largest absolute Gasteiger partial charge is 0.480 e. The Morgan fingerprint density at radius 1 is 0.781 bits per heavy atom. The van der Waals surface area contributed by atoms with Gasteiger partial charge in [0, 0.05) is 32.7 Å². The Morgan fingerprint density at radius 2 is 1.28 bits per heavy atom. The molecule has 0 fully saturated rings. The van der Waals surface area contributed by atoms with Crippen molar-refractivity contribution in [3.63, 3.8) is 0 Å². The van der Waals surface area contributed by atoms with E-state index in [2.05, 4.69) is 10.6 Å². The molecular weight excluding hydrogens is 426 g/mol. The van der Waals surface area contributed by atoms with E-state index in [1.807, 2.05) is 0 Å². The molecule has 0 saturated carbocycles. The van der Waals surface area contributed by atoms with Crippen LogP contribution in [0.1, 0.15) is 32.6 Å². The van der Waals surface area contributed by atoms with Gasteiger partial charge >= 0.3 is 5.97 Å². The summed E-state index contributed by atoms with van der Waals surface area (Å²) in [6.07, 6.45) is 1.48. The summed E-state index contributed by atoms with van der Waals surface area (Å²) in [6, 6.07) is -1.02. The third-order valence-electron chi connectivity index (χ3n) is 3.86. The van der Waals surface area contributed by atoms with E-state index in [0.717, 1.165) is 0 Å². The molecule has 12 heteroatoms. The number of carboxylic acids is 1. The molecule has 0 bridgehead atoms. The first-order chi connectivity index (χ1) is 15.3. The number of rotatable bonds is 22. The molecule has 0 heterocycles. The van der Waals surface area contributed by atoms with Crippen LogP contribution in [0.2, 0.25) is 0 Å². The number of amides is 2. The van der Waals surface area contributed by atoms with Gasteiger partial charge < -0.3 is 40.4 Å². The van der Waals surface area contributed by atoms with Crippen LogP contribution in [0, 0.1) is 0 Å². The first-order valence-electron chi connectivity index (χ1n) is 10.6. The molecule has 186 valence electrons. The average Bonchev–Trinajstić information content (AvgIpc) is 2.74. The monoisotopic (exact) mass is 463 g/mol. The van der Waals surface area contributed by atoms with Crippen LogP contribution in [0.5, 0.6) is 0 Å². The number of carbonyl (C=O) groups is 4. The third kappa shape index (κ3) is 21.1. The van der Waals surface area contributed by atoms with Gasteiger partial charge in [-0.25, -0.2) is 0 Å². The molecule has 0 radical (unpaired) electrons. The lowest BCUT2D eigenvalue weighted by Crippen LogP contribution is -2.33. The second-order valence-electron chi connectivity index (χ2n) is 6.92. The number of hydrogen-bond donors (Lipinski definition) is 4. The fourth-order valence-corrected chi connectivity index (χ4v) is 2.18. The summed E-state index contributed by atoms with van der Waals surface area (Å²) in [6.45, 7) is 4.80. The highest BCUT2D eigenvalue weighted by Gasteiger charge is 2.13. The summed E-state index contributed by atoms with van der Waals surface area (Å²) in [7, 11) is 0. The number of carbonyl (C=O) groups excluding carboxylic acids is 3. The quantitative estimate of drug-likeness (QED) is 0.143. The Labute approximate surface area is 188 Å². The highest BCUT2D eigenvalue weighted by atomic mass is 16.5. The molecule has 0 aliphatic carbocycles. The fraction of sp³-hybridized carbons (Fsp3) is 0.800. The van der Waals surface area contributed by atoms with Gasteiger partial charge in [-0.3, -0.25) is 19.2 Å². The van der Waals surface area contributed by atoms with Gasteiger partial charge in [0.15, 0.2) is 5.78 Å². The van der Waals surface area contributed by atoms with Gasteiger partial charge in [-0.15, -0.1) is 0 Å². The van der Waals surface area contributed by atoms with E-state index in [4.69, 9.17) is 29.8 Å². The van der Waals surface area contributed by atoms with Crippen LogP contribution in [0.3, 0.4) is 0 Å². The predicted octanol–water partition coefficient (Wildman–Crippen LogP) is -1.15. The summed E-state index contributed by atoms with van der Waals surface area (Å²) in [5, 5.41) is 14.0. The van der Waals surface area contributed by atoms with Crippen molar-refractivity contribution in [1.29, 1.82) is 0 Å². The number of hydrogen-bond acceptors (Lipinski definition) is 9. The fourth-order valence-electron chi connectivity index (χ4n) is 2.18. The molecule has 0 rings (SSSR count). The van der Waals surface area contributed by atoms with E-state index in [1.54, 1.807) is 0 Å². The smallest absolute Gasteiger partial charge is 0.320 e. The number of Topliss-reactive ketones (excluding diaryl/α,β-unsaturated/α-hetero) is 1. The SMILES string of the molecule is CC(=O)COCC(=O)NCCCOCCOCCOCCCNC(=O)CCC(N)C(=O)O. The number of carboxylic acid groups (broad SMARTS) is 1. The zero-order valence-corrected chi connectivity index (χ0v) is 18.8. The van der Waals surface area contributed by atoms with Crippen LogP contribution in [-0.4, -0.2) is 101 Å². The Balaban J connectivity index is 3.26. The van der Waals surface area contributed by atoms with Gasteiger partial charge in [0.25, 0.3) is 0 Å². The standard InChI is InChI=1S/C20H37N3O9/c1-16(24)14-32-15-19(26)23-7-3-9-30-11-13-31-12-10-29-8-2-6-22-18(25)5-4-17(21)20(27)28/h17H,2-15,21H2,1H3,(H,22,25)(H,23,26)(H,27,28). The van der Waals surface area contributed by atoms with Crippen LogP contribution >= 0.6 is 0 Å². The Bertz CT molecular complexity index is 546. The van der Waals surface area contributed by atoms with Crippen molar-refractivity contribution in [3.8, 4) is 0 Å². The number of ether oxygens (including phenoxy) is 4. The third-order valence-corrected chi connectivity index (χ3v) is 3.86. The molecular formula is C20H37N3O9. The molecule has 0 aromatic heterocycles. The van der Waals surface area contributed by atoms with Crippen molar-refractivity contribution < 1.29 is 43.2 Å². The number of ketones is 1. The molecule has 12 nitrogen and oxygen atoms in total. The minimum absolute atomic E-state index is 0.0622. The van der Waals surface area contributed by atoms with Crippen LogP contribution in [0.25, 0.3) is 0 Å². The van der Waals surface area contributed by atoms with E-state index in [1.165, 1.54) is 6.92 Å². The van der Waals surface area contributed by atoms with Gasteiger partial charge in [0.05, 0.1) is 26.4 Å². The lowest BCUT2D eigenvalue weighted by atomic mass is 10.1. The maximum Gasteiger partial charge on any atom is 0.320 e. The van der Waals surface area contributed by atoms with Crippen molar-refractivity contribution in [1.82, 2.24) is 10.6 Å². The maximum atomic E-state index is 11.5. The predicted molar refractivity (Wildman–Crippen MR) is 114 cm³/mol. The molecule has 0 aromatic carbocycles. The molecule has 1 unspecified atom stereocenters. The van der Waals surface area contributed by atoms with E-state index in [9.17, 15) is 19.2 Å². The molecule has 0 aliphatic heterocycles. The summed E-state index contributed by atoms with van der Waals surface area (Å²) < 4.78 is 21.0. The van der Waals surface area contributed by atoms with Crippen molar-refractivity contribution in [2.45, 2.75) is 38.6 Å². The van der Waals surface area contributed by atoms with Crippen molar-refractivity contribution in [3.05, 3.63) is 0 Å². The van der Waals surface area contributed by atoms with Crippen molar-refractivity contribution in [2.75, 3.05) is 65.9 Å². The van der Waals surface area contributed by atoms with Crippen molar-refractivity contribution >= 4 is 23.6 Å². The van der Waals surface area contributed by atoms with Gasteiger partial charge in [-0.1, -0.05) is 0 Å². The molecule has 0 saturated heterocycles. The Morgan fingerprint density at radius 3 is 1.78 bits per heavy atom. The lowest BCUT2D eigenvalue weighted by molar-refractivity contribution is -0.138. The summed E-state index contributed by atoms with van der Waals surface area (Å²) >= 11 is 0. The van der Waals surface area contributed by atoms with Crippen LogP contribution in [0.4, 0.5) is 0 Å². The highest BCUT2D eigenvalue weighted by Crippen LogP contribution is 1.95. The molecule has 0 aromatic rings. The normalized spacial score (nSPS) is 11.7. The zero-order valence-electron chi connectivity index (χ0n) is 18.8. The summed E-state index contributed by atoms with van der Waals surface area (Å²) in [4.78, 5) is 44.1. The maximum absolute atomic E-state index is 11.5. The average molecular weight is 464 g/mol. The van der Waals surface area contributed by atoms with Crippen LogP contribution in [-0.2, 0) is 38.1 Å². The zero-order chi connectivity index (χ0) is 24.0. The first kappa shape index (κ1) is 29.9. The minimum Gasteiger partial charge on any atom is -0.480 e. The lowest BCUT2D eigenvalue weighted by Gasteiger charge is -2.09. The van der Waals surface area contributed by atoms with Crippen LogP contribution < -0.4 is 16.4 Å². The number of nitrogens with one attached hydrogen (secondary N) is 2. The van der Waals surface area contributed by atoms with Gasteiger partial charge in [-0.2, -0.15) is 0 Å². The second-order valence-corrected chi connectivity index (χ2v) is 6.92. The highest BCUT2D eigenvalue weighted by molar-refractivity contribution is 5.79. The van der Waals surface area contributed by atoms with Crippen molar-refractivity contribution in [2.24, 2.45) is 5.73 Å². The van der Waals surface area contributed by atoms with Gasteiger partial charge in [0.1, 0.15) is 19.3 Å². The molecule has 5 N–H and O–H groups in total. The molecule has 0 spiro atoms. The second kappa shape index (κ2) is 20.8. The van der Waals surface area contributed by atoms with E-state index in [0.29, 0.717) is 65.6 Å². The molecule has 2 amide bonds. The summed E-state index contributed by atoms with van der Waals surface area (Å²) in [5.41, 5.74) is 5.33. The molecule has 32 heavy (non-hydrogen) atoms. The first-order valence-corrected chi connectivity index (χ1v) is 10.6. The Hall–Kier alpha value is -2.12. The van der Waals surface area contributed by atoms with E-state index < -0.39 is 12.0 Å². The Kier molecular flexibility index (Phi) is 19.4. The topological polar surface area (TPSA) is 176 Å². The minimum atomic E-state index is -1.12. The number of nitrogens with two attached hydrogens (primary N) is 1. The van der Waals surface area contributed by atoms with Gasteiger partial charge in [-0.05, 0) is 26.2 Å². The van der Waals surface area contributed by atoms with Gasteiger partial charge in [0.2, 0.25) is 11.8 Å².